The molecule has 0 atom stereocenters. The van der Waals surface area contributed by atoms with Gasteiger partial charge in [0.25, 0.3) is 0 Å². The molecule has 0 saturated carbocycles. The van der Waals surface area contributed by atoms with Gasteiger partial charge in [-0.2, -0.15) is 0 Å². The average Bonchev–Trinajstić information content (AvgIpc) is 2.50. The Kier molecular flexibility index (Phi) is 6.15. The molecule has 2 aromatic rings. The minimum absolute atomic E-state index is 0.644. The van der Waals surface area contributed by atoms with E-state index in [0.29, 0.717) is 6.04 Å². The summed E-state index contributed by atoms with van der Waals surface area (Å²) in [7, 11) is 2.20. The lowest BCUT2D eigenvalue weighted by Gasteiger charge is -2.20. The molecule has 1 heterocycles. The third-order valence-corrected chi connectivity index (χ3v) is 4.03. The zero-order valence-corrected chi connectivity index (χ0v) is 13.5. The van der Waals surface area contributed by atoms with Crippen LogP contribution in [-0.2, 0) is 6.54 Å². The van der Waals surface area contributed by atoms with Crippen molar-refractivity contribution in [3.8, 4) is 0 Å². The summed E-state index contributed by atoms with van der Waals surface area (Å²) < 4.78 is 0. The normalized spacial score (nSPS) is 11.7. The van der Waals surface area contributed by atoms with Crippen molar-refractivity contribution < 1.29 is 0 Å². The molecule has 1 aromatic heterocycles. The first-order valence-corrected chi connectivity index (χ1v) is 7.90. The number of unbranched alkanes of at least 4 members (excludes halogenated alkanes) is 1. The van der Waals surface area contributed by atoms with Gasteiger partial charge < -0.3 is 10.2 Å². The molecular formula is C18H27N3. The van der Waals surface area contributed by atoms with Crippen LogP contribution in [-0.4, -0.2) is 36.1 Å². The van der Waals surface area contributed by atoms with Gasteiger partial charge in [-0.1, -0.05) is 12.1 Å². The second kappa shape index (κ2) is 8.11. The van der Waals surface area contributed by atoms with E-state index in [1.165, 1.54) is 35.7 Å². The largest absolute Gasteiger partial charge is 0.313 e. The molecule has 0 aliphatic rings. The summed E-state index contributed by atoms with van der Waals surface area (Å²) >= 11 is 0. The first kappa shape index (κ1) is 15.9. The second-order valence-electron chi connectivity index (χ2n) is 6.02. The summed E-state index contributed by atoms with van der Waals surface area (Å²) in [5, 5.41) is 6.01. The van der Waals surface area contributed by atoms with Crippen molar-refractivity contribution in [2.45, 2.75) is 39.3 Å². The lowest BCUT2D eigenvalue weighted by atomic mass is 10.1. The molecule has 21 heavy (non-hydrogen) atoms. The van der Waals surface area contributed by atoms with Crippen molar-refractivity contribution in [3.63, 3.8) is 0 Å². The molecule has 0 fully saturated rings. The van der Waals surface area contributed by atoms with Crippen molar-refractivity contribution in [1.29, 1.82) is 0 Å². The van der Waals surface area contributed by atoms with E-state index in [1.54, 1.807) is 0 Å². The van der Waals surface area contributed by atoms with E-state index in [0.717, 1.165) is 13.1 Å². The summed E-state index contributed by atoms with van der Waals surface area (Å²) in [6.45, 7) is 7.70. The summed E-state index contributed by atoms with van der Waals surface area (Å²) in [6.07, 6.45) is 6.25. The minimum Gasteiger partial charge on any atom is -0.313 e. The molecule has 114 valence electrons. The molecule has 0 bridgehead atoms. The molecular weight excluding hydrogens is 258 g/mol. The van der Waals surface area contributed by atoms with E-state index in [2.05, 4.69) is 60.4 Å². The molecule has 3 heteroatoms. The lowest BCUT2D eigenvalue weighted by molar-refractivity contribution is 0.268. The number of hydrogen-bond acceptors (Lipinski definition) is 3. The highest BCUT2D eigenvalue weighted by atomic mass is 15.1. The Bertz CT molecular complexity index is 551. The number of pyridine rings is 1. The summed E-state index contributed by atoms with van der Waals surface area (Å²) in [5.41, 5.74) is 1.34. The molecule has 0 unspecified atom stereocenters. The zero-order chi connectivity index (χ0) is 15.1. The Morgan fingerprint density at radius 1 is 1.14 bits per heavy atom. The van der Waals surface area contributed by atoms with Crippen molar-refractivity contribution in [2.24, 2.45) is 0 Å². The monoisotopic (exact) mass is 285 g/mol. The van der Waals surface area contributed by atoms with Crippen LogP contribution in [0.4, 0.5) is 0 Å². The highest BCUT2D eigenvalue weighted by Crippen LogP contribution is 2.14. The maximum atomic E-state index is 4.15. The Morgan fingerprint density at radius 3 is 2.81 bits per heavy atom. The molecule has 1 aromatic carbocycles. The standard InChI is InChI=1S/C18H27N3/c1-15(2)21(3)11-5-4-9-19-13-16-6-7-18-14-20-10-8-17(18)12-16/h6-8,10,12,14-15,19H,4-5,9,11,13H2,1-3H3. The van der Waals surface area contributed by atoms with Crippen LogP contribution in [0.1, 0.15) is 32.3 Å². The van der Waals surface area contributed by atoms with Crippen LogP contribution in [0.5, 0.6) is 0 Å². The van der Waals surface area contributed by atoms with Crippen LogP contribution >= 0.6 is 0 Å². The molecule has 3 nitrogen and oxygen atoms in total. The smallest absolute Gasteiger partial charge is 0.0346 e. The summed E-state index contributed by atoms with van der Waals surface area (Å²) in [4.78, 5) is 6.55. The molecule has 0 spiro atoms. The highest BCUT2D eigenvalue weighted by Gasteiger charge is 2.01. The van der Waals surface area contributed by atoms with Gasteiger partial charge in [-0.25, -0.2) is 0 Å². The van der Waals surface area contributed by atoms with E-state index in [-0.39, 0.29) is 0 Å². The third-order valence-electron chi connectivity index (χ3n) is 4.03. The number of nitrogens with zero attached hydrogens (tertiary/aromatic N) is 2. The van der Waals surface area contributed by atoms with Gasteiger partial charge >= 0.3 is 0 Å². The topological polar surface area (TPSA) is 28.2 Å². The van der Waals surface area contributed by atoms with Crippen molar-refractivity contribution >= 4 is 10.8 Å². The first-order valence-electron chi connectivity index (χ1n) is 7.90. The number of fused-ring (bicyclic) bond motifs is 1. The predicted molar refractivity (Wildman–Crippen MR) is 90.4 cm³/mol. The van der Waals surface area contributed by atoms with Gasteiger partial charge in [0.05, 0.1) is 0 Å². The van der Waals surface area contributed by atoms with Gasteiger partial charge in [0, 0.05) is 30.4 Å². The maximum absolute atomic E-state index is 4.15. The number of aromatic nitrogens is 1. The van der Waals surface area contributed by atoms with Gasteiger partial charge in [0.15, 0.2) is 0 Å². The van der Waals surface area contributed by atoms with Crippen LogP contribution < -0.4 is 5.32 Å². The predicted octanol–water partition coefficient (Wildman–Crippen LogP) is 3.44. The van der Waals surface area contributed by atoms with Crippen LogP contribution in [0.3, 0.4) is 0 Å². The highest BCUT2D eigenvalue weighted by molar-refractivity contribution is 5.81. The third kappa shape index (κ3) is 5.10. The van der Waals surface area contributed by atoms with E-state index < -0.39 is 0 Å². The van der Waals surface area contributed by atoms with Crippen molar-refractivity contribution in [1.82, 2.24) is 15.2 Å². The molecule has 2 rings (SSSR count). The SMILES string of the molecule is CC(C)N(C)CCCCNCc1ccc2cnccc2c1. The molecule has 0 amide bonds. The van der Waals surface area contributed by atoms with E-state index in [4.69, 9.17) is 0 Å². The van der Waals surface area contributed by atoms with Gasteiger partial charge in [-0.3, -0.25) is 4.98 Å². The molecule has 0 aliphatic carbocycles. The van der Waals surface area contributed by atoms with Crippen LogP contribution in [0.2, 0.25) is 0 Å². The second-order valence-corrected chi connectivity index (χ2v) is 6.02. The quantitative estimate of drug-likeness (QED) is 0.753. The van der Waals surface area contributed by atoms with Crippen LogP contribution in [0, 0.1) is 0 Å². The van der Waals surface area contributed by atoms with E-state index in [9.17, 15) is 0 Å². The molecule has 0 aliphatic heterocycles. The van der Waals surface area contributed by atoms with Crippen LogP contribution in [0.15, 0.2) is 36.7 Å². The molecule has 1 N–H and O–H groups in total. The fourth-order valence-corrected chi connectivity index (χ4v) is 2.34. The molecule has 0 radical (unpaired) electrons. The number of nitrogens with one attached hydrogen (secondary N) is 1. The van der Waals surface area contributed by atoms with Gasteiger partial charge in [0.1, 0.15) is 0 Å². The van der Waals surface area contributed by atoms with E-state index >= 15 is 0 Å². The average molecular weight is 285 g/mol. The Balaban J connectivity index is 1.68. The Morgan fingerprint density at radius 2 is 2.00 bits per heavy atom. The number of hydrogen-bond donors (Lipinski definition) is 1. The van der Waals surface area contributed by atoms with Gasteiger partial charge in [-0.05, 0) is 69.9 Å². The summed E-state index contributed by atoms with van der Waals surface area (Å²) in [5.74, 6) is 0. The van der Waals surface area contributed by atoms with Crippen molar-refractivity contribution in [3.05, 3.63) is 42.2 Å². The zero-order valence-electron chi connectivity index (χ0n) is 13.5. The van der Waals surface area contributed by atoms with Crippen molar-refractivity contribution in [2.75, 3.05) is 20.1 Å². The van der Waals surface area contributed by atoms with Crippen LogP contribution in [0.25, 0.3) is 10.8 Å². The van der Waals surface area contributed by atoms with Gasteiger partial charge in [-0.15, -0.1) is 0 Å². The number of benzene rings is 1. The lowest BCUT2D eigenvalue weighted by Crippen LogP contribution is -2.27. The van der Waals surface area contributed by atoms with Gasteiger partial charge in [0.2, 0.25) is 0 Å². The maximum Gasteiger partial charge on any atom is 0.0346 e. The fraction of sp³-hybridized carbons (Fsp3) is 0.500. The Hall–Kier alpha value is -1.45. The fourth-order valence-electron chi connectivity index (χ4n) is 2.34. The summed E-state index contributed by atoms with van der Waals surface area (Å²) in [6, 6.07) is 9.29. The Labute approximate surface area is 128 Å². The number of rotatable bonds is 8. The molecule has 0 saturated heterocycles. The van der Waals surface area contributed by atoms with E-state index in [1.807, 2.05) is 12.4 Å². The first-order chi connectivity index (χ1) is 10.2. The minimum atomic E-state index is 0.644.